The Balaban J connectivity index is 0.000000308. The normalized spacial score (nSPS) is 12.0. The zero-order valence-electron chi connectivity index (χ0n) is 23.8. The molecule has 0 unspecified atom stereocenters. The molecule has 0 saturated carbocycles. The molecule has 0 aliphatic carbocycles. The Kier molecular flexibility index (Phi) is 14.3. The fraction of sp³-hybridized carbons (Fsp3) is 0.118. The Hall–Kier alpha value is -3.18. The molecule has 0 fully saturated rings. The molecule has 238 valence electrons. The van der Waals surface area contributed by atoms with E-state index in [2.05, 4.69) is 0 Å². The molecule has 0 aliphatic heterocycles. The van der Waals surface area contributed by atoms with Crippen molar-refractivity contribution in [3.63, 3.8) is 0 Å². The number of benzene rings is 4. The van der Waals surface area contributed by atoms with Gasteiger partial charge in [0.05, 0.1) is 5.56 Å². The van der Waals surface area contributed by atoms with Crippen LogP contribution in [0.5, 0.6) is 0 Å². The first-order valence-corrected chi connectivity index (χ1v) is 14.6. The molecule has 0 saturated heterocycles. The number of aliphatic hydroxyl groups excluding tert-OH is 1. The van der Waals surface area contributed by atoms with Crippen LogP contribution < -0.4 is 0 Å². The number of aryl methyl sites for hydroxylation is 1. The van der Waals surface area contributed by atoms with Crippen LogP contribution in [0.25, 0.3) is 19.6 Å². The molecule has 4 rings (SSSR count). The van der Waals surface area contributed by atoms with E-state index in [-0.39, 0.29) is 28.1 Å². The van der Waals surface area contributed by atoms with Crippen LogP contribution in [0.3, 0.4) is 0 Å². The van der Waals surface area contributed by atoms with Crippen LogP contribution in [-0.4, -0.2) is 23.3 Å². The Morgan fingerprint density at radius 2 is 0.867 bits per heavy atom. The van der Waals surface area contributed by atoms with Gasteiger partial charge < -0.3 is 55.6 Å². The summed E-state index contributed by atoms with van der Waals surface area (Å²) < 4.78 is 37.7. The number of aliphatic hydroxyl groups is 1. The molecule has 0 radical (unpaired) electrons. The first-order valence-electron chi connectivity index (χ1n) is 13.0. The average molecular weight is 726 g/mol. The Bertz CT molecular complexity index is 1680. The monoisotopic (exact) mass is 724 g/mol. The maximum Gasteiger partial charge on any atom is 0.416 e. The van der Waals surface area contributed by atoms with Gasteiger partial charge in [0.15, 0.2) is 11.6 Å². The number of halogens is 3. The summed E-state index contributed by atoms with van der Waals surface area (Å²) in [5, 5.41) is 8.83. The van der Waals surface area contributed by atoms with Crippen molar-refractivity contribution in [2.24, 2.45) is 0 Å². The van der Waals surface area contributed by atoms with Crippen LogP contribution >= 0.6 is 0 Å². The standard InChI is InChI=1S/C17H13F3OS2.C17H16O2S2.Ni/c1-10(21)11-2-4-12(5-3-11)15(22)16(23)13-6-8-14(9-7-13)17(18,19)20;1-11-2-4-13(5-3-11)16(20)17(21)14-8-6-12(7-9-14)15(19)10-18;/h2-9,22-23H,1H3;2-9,18,20-21H,10H2,1H3;/p-4. The molecule has 11 heteroatoms. The molecule has 4 aromatic rings. The smallest absolute Gasteiger partial charge is 0.416 e. The topological polar surface area (TPSA) is 54.4 Å². The van der Waals surface area contributed by atoms with E-state index in [4.69, 9.17) is 55.6 Å². The maximum absolute atomic E-state index is 12.6. The number of Topliss-reactive ketones (excluding diaryl/α,β-unsaturated/α-hetero) is 2. The second-order valence-electron chi connectivity index (χ2n) is 9.55. The van der Waals surface area contributed by atoms with E-state index >= 15 is 0 Å². The van der Waals surface area contributed by atoms with Crippen LogP contribution in [0.4, 0.5) is 13.2 Å². The van der Waals surface area contributed by atoms with E-state index in [0.717, 1.165) is 23.3 Å². The number of carbonyl (C=O) groups excluding carboxylic acids is 2. The van der Waals surface area contributed by atoms with Gasteiger partial charge in [-0.15, -0.1) is 0 Å². The summed E-state index contributed by atoms with van der Waals surface area (Å²) in [5.41, 5.74) is 4.26. The predicted octanol–water partition coefficient (Wildman–Crippen LogP) is 7.91. The van der Waals surface area contributed by atoms with E-state index < -0.39 is 18.3 Å². The molecule has 0 aliphatic rings. The van der Waals surface area contributed by atoms with Gasteiger partial charge in [-0.1, -0.05) is 90.5 Å². The van der Waals surface area contributed by atoms with Gasteiger partial charge >= 0.3 is 6.18 Å². The third kappa shape index (κ3) is 10.4. The van der Waals surface area contributed by atoms with E-state index in [1.807, 2.05) is 31.2 Å². The fourth-order valence-electron chi connectivity index (χ4n) is 3.79. The van der Waals surface area contributed by atoms with Crippen molar-refractivity contribution < 1.29 is 44.4 Å². The molecule has 45 heavy (non-hydrogen) atoms. The largest absolute Gasteiger partial charge is 0.781 e. The van der Waals surface area contributed by atoms with Gasteiger partial charge in [-0.3, -0.25) is 9.59 Å². The van der Waals surface area contributed by atoms with Crippen molar-refractivity contribution in [2.75, 3.05) is 6.61 Å². The van der Waals surface area contributed by atoms with Gasteiger partial charge in [-0.25, -0.2) is 0 Å². The molecule has 4 aromatic carbocycles. The minimum Gasteiger partial charge on any atom is -0.781 e. The van der Waals surface area contributed by atoms with E-state index in [9.17, 15) is 22.8 Å². The van der Waals surface area contributed by atoms with Crippen LogP contribution in [0.15, 0.2) is 97.1 Å². The quantitative estimate of drug-likeness (QED) is 0.0900. The number of rotatable bonds is 7. The molecular formula is C34H25F3NiO3S4-4. The van der Waals surface area contributed by atoms with E-state index in [1.165, 1.54) is 24.6 Å². The Morgan fingerprint density at radius 1 is 0.578 bits per heavy atom. The molecule has 0 bridgehead atoms. The first kappa shape index (κ1) is 38.0. The van der Waals surface area contributed by atoms with Crippen molar-refractivity contribution in [1.82, 2.24) is 0 Å². The summed E-state index contributed by atoms with van der Waals surface area (Å²) in [6.07, 6.45) is -4.39. The Morgan fingerprint density at radius 3 is 1.18 bits per heavy atom. The van der Waals surface area contributed by atoms with Crippen molar-refractivity contribution in [3.05, 3.63) is 142 Å². The first-order chi connectivity index (χ1) is 20.7. The molecule has 0 heterocycles. The van der Waals surface area contributed by atoms with Crippen LogP contribution in [0.1, 0.15) is 61.0 Å². The van der Waals surface area contributed by atoms with Crippen molar-refractivity contribution in [1.29, 1.82) is 0 Å². The minimum atomic E-state index is -4.39. The molecule has 0 spiro atoms. The number of alkyl halides is 3. The zero-order chi connectivity index (χ0) is 32.6. The van der Waals surface area contributed by atoms with Gasteiger partial charge in [0.1, 0.15) is 6.61 Å². The SMILES string of the molecule is CC(=O)c1ccc(C([S-])=C([S-])c2ccc(C(F)(F)F)cc2)cc1.Cc1ccc(C([S-])=C([S-])c2ccc(C(=O)CO)cc2)cc1.[Ni]. The van der Waals surface area contributed by atoms with E-state index in [1.54, 1.807) is 48.5 Å². The zero-order valence-corrected chi connectivity index (χ0v) is 28.0. The molecule has 0 aromatic heterocycles. The summed E-state index contributed by atoms with van der Waals surface area (Å²) >= 11 is 21.4. The Labute approximate surface area is 292 Å². The van der Waals surface area contributed by atoms with Crippen LogP contribution in [0.2, 0.25) is 0 Å². The summed E-state index contributed by atoms with van der Waals surface area (Å²) in [6.45, 7) is 2.98. The second kappa shape index (κ2) is 16.9. The van der Waals surface area contributed by atoms with Crippen LogP contribution in [-0.2, 0) is 73.2 Å². The second-order valence-corrected chi connectivity index (χ2v) is 11.2. The fourth-order valence-corrected chi connectivity index (χ4v) is 4.81. The maximum atomic E-state index is 12.6. The van der Waals surface area contributed by atoms with E-state index in [0.29, 0.717) is 41.9 Å². The summed E-state index contributed by atoms with van der Waals surface area (Å²) in [5.74, 6) is -0.374. The number of carbonyl (C=O) groups is 2. The van der Waals surface area contributed by atoms with Gasteiger partial charge in [0.2, 0.25) is 0 Å². The minimum absolute atomic E-state index is 0. The number of ketones is 2. The molecule has 1 N–H and O–H groups in total. The van der Waals surface area contributed by atoms with Gasteiger partial charge in [-0.2, -0.15) is 32.8 Å². The predicted molar refractivity (Wildman–Crippen MR) is 180 cm³/mol. The summed E-state index contributed by atoms with van der Waals surface area (Å²) in [4.78, 5) is 24.5. The van der Waals surface area contributed by atoms with Gasteiger partial charge in [0, 0.05) is 27.6 Å². The summed E-state index contributed by atoms with van der Waals surface area (Å²) in [7, 11) is 0. The molecular weight excluding hydrogens is 700 g/mol. The van der Waals surface area contributed by atoms with Gasteiger partial charge in [-0.05, 0) is 48.2 Å². The van der Waals surface area contributed by atoms with Crippen molar-refractivity contribution >= 4 is 81.7 Å². The number of hydrogen-bond donors (Lipinski definition) is 1. The number of hydrogen-bond acceptors (Lipinski definition) is 7. The van der Waals surface area contributed by atoms with Crippen molar-refractivity contribution in [2.45, 2.75) is 20.0 Å². The third-order valence-corrected chi connectivity index (χ3v) is 8.38. The molecule has 3 nitrogen and oxygen atoms in total. The average Bonchev–Trinajstić information content (AvgIpc) is 3.03. The van der Waals surface area contributed by atoms with Crippen LogP contribution in [0, 0.1) is 6.92 Å². The summed E-state index contributed by atoms with van der Waals surface area (Å²) in [6, 6.07) is 25.9. The molecule has 0 amide bonds. The third-order valence-electron chi connectivity index (χ3n) is 6.37. The molecule has 0 atom stereocenters. The van der Waals surface area contributed by atoms with Crippen molar-refractivity contribution in [3.8, 4) is 0 Å². The van der Waals surface area contributed by atoms with Gasteiger partial charge in [0.25, 0.3) is 0 Å².